The van der Waals surface area contributed by atoms with Gasteiger partial charge in [0.05, 0.1) is 0 Å². The van der Waals surface area contributed by atoms with Crippen molar-refractivity contribution < 1.29 is 0 Å². The van der Waals surface area contributed by atoms with E-state index in [-0.39, 0.29) is 0 Å². The number of aromatic nitrogens is 4. The Hall–Kier alpha value is -3.60. The highest BCUT2D eigenvalue weighted by Gasteiger charge is 2.19. The molecule has 0 amide bonds. The highest BCUT2D eigenvalue weighted by molar-refractivity contribution is 5.63. The number of anilines is 1. The minimum absolute atomic E-state index is 0.729. The predicted octanol–water partition coefficient (Wildman–Crippen LogP) is 4.70. The van der Waals surface area contributed by atoms with Crippen molar-refractivity contribution in [3.05, 3.63) is 90.1 Å². The first-order chi connectivity index (χ1) is 14.4. The van der Waals surface area contributed by atoms with Crippen molar-refractivity contribution in [1.82, 2.24) is 19.9 Å². The van der Waals surface area contributed by atoms with Crippen LogP contribution in [0.25, 0.3) is 22.5 Å². The summed E-state index contributed by atoms with van der Waals surface area (Å²) in [5.74, 6) is 1.72. The number of rotatable bonds is 5. The van der Waals surface area contributed by atoms with Gasteiger partial charge < -0.3 is 5.32 Å². The quantitative estimate of drug-likeness (QED) is 0.544. The summed E-state index contributed by atoms with van der Waals surface area (Å²) in [5.41, 5.74) is 6.94. The standard InChI is InChI=1S/C24H21N5/c1-4-21-22(5-1)28-23(19-10-13-25-14-11-19)29-24(21)27-15-17-6-8-18(9-7-17)20-3-2-12-26-16-20/h2-3,6-14,16H,1,4-5,15H2,(H,27,28,29). The van der Waals surface area contributed by atoms with E-state index in [1.807, 2.05) is 24.4 Å². The zero-order valence-electron chi connectivity index (χ0n) is 16.0. The molecule has 0 fully saturated rings. The summed E-state index contributed by atoms with van der Waals surface area (Å²) in [4.78, 5) is 17.9. The average molecular weight is 379 g/mol. The number of nitrogens with one attached hydrogen (secondary N) is 1. The molecule has 0 radical (unpaired) electrons. The van der Waals surface area contributed by atoms with E-state index in [1.165, 1.54) is 22.4 Å². The first-order valence-electron chi connectivity index (χ1n) is 9.90. The Kier molecular flexibility index (Phi) is 4.70. The number of hydrogen-bond donors (Lipinski definition) is 1. The van der Waals surface area contributed by atoms with E-state index in [0.29, 0.717) is 0 Å². The van der Waals surface area contributed by atoms with Gasteiger partial charge in [0.25, 0.3) is 0 Å². The lowest BCUT2D eigenvalue weighted by molar-refractivity contribution is 0.899. The molecule has 0 saturated heterocycles. The highest BCUT2D eigenvalue weighted by atomic mass is 15.0. The normalized spacial score (nSPS) is 12.6. The predicted molar refractivity (Wildman–Crippen MR) is 114 cm³/mol. The number of aryl methyl sites for hydroxylation is 1. The molecular weight excluding hydrogens is 358 g/mol. The Bertz CT molecular complexity index is 1110. The van der Waals surface area contributed by atoms with E-state index in [0.717, 1.165) is 48.6 Å². The maximum absolute atomic E-state index is 4.84. The fourth-order valence-corrected chi connectivity index (χ4v) is 3.74. The Labute approximate surface area is 169 Å². The SMILES string of the molecule is c1cncc(-c2ccc(CNc3nc(-c4ccncc4)nc4c3CCC4)cc2)c1. The van der Waals surface area contributed by atoms with Gasteiger partial charge in [0.15, 0.2) is 5.82 Å². The van der Waals surface area contributed by atoms with Crippen LogP contribution in [0.2, 0.25) is 0 Å². The van der Waals surface area contributed by atoms with Crippen LogP contribution in [0.15, 0.2) is 73.3 Å². The third-order valence-corrected chi connectivity index (χ3v) is 5.28. The molecule has 0 bridgehead atoms. The second kappa shape index (κ2) is 7.80. The van der Waals surface area contributed by atoms with Crippen molar-refractivity contribution in [2.24, 2.45) is 0 Å². The second-order valence-corrected chi connectivity index (χ2v) is 7.20. The maximum Gasteiger partial charge on any atom is 0.161 e. The van der Waals surface area contributed by atoms with E-state index < -0.39 is 0 Å². The Balaban J connectivity index is 1.37. The number of hydrogen-bond acceptors (Lipinski definition) is 5. The van der Waals surface area contributed by atoms with E-state index in [2.05, 4.69) is 45.6 Å². The molecule has 29 heavy (non-hydrogen) atoms. The minimum atomic E-state index is 0.729. The molecule has 0 spiro atoms. The van der Waals surface area contributed by atoms with Crippen molar-refractivity contribution in [2.75, 3.05) is 5.32 Å². The van der Waals surface area contributed by atoms with Gasteiger partial charge in [-0.25, -0.2) is 9.97 Å². The Morgan fingerprint density at radius 3 is 2.41 bits per heavy atom. The maximum atomic E-state index is 4.84. The molecule has 0 aliphatic heterocycles. The molecular formula is C24H21N5. The van der Waals surface area contributed by atoms with Gasteiger partial charge in [-0.15, -0.1) is 0 Å². The van der Waals surface area contributed by atoms with Crippen molar-refractivity contribution in [1.29, 1.82) is 0 Å². The lowest BCUT2D eigenvalue weighted by Gasteiger charge is -2.13. The fourth-order valence-electron chi connectivity index (χ4n) is 3.74. The van der Waals surface area contributed by atoms with Gasteiger partial charge >= 0.3 is 0 Å². The molecule has 4 aromatic rings. The van der Waals surface area contributed by atoms with Crippen molar-refractivity contribution in [3.63, 3.8) is 0 Å². The summed E-state index contributed by atoms with van der Waals surface area (Å²) >= 11 is 0. The van der Waals surface area contributed by atoms with Crippen LogP contribution >= 0.6 is 0 Å². The van der Waals surface area contributed by atoms with Crippen molar-refractivity contribution in [3.8, 4) is 22.5 Å². The summed E-state index contributed by atoms with van der Waals surface area (Å²) in [6.45, 7) is 0.729. The van der Waals surface area contributed by atoms with E-state index in [1.54, 1.807) is 18.6 Å². The summed E-state index contributed by atoms with van der Waals surface area (Å²) in [5, 5.41) is 3.55. The van der Waals surface area contributed by atoms with Gasteiger partial charge in [0.1, 0.15) is 5.82 Å². The van der Waals surface area contributed by atoms with Crippen LogP contribution in [-0.2, 0) is 19.4 Å². The van der Waals surface area contributed by atoms with Crippen LogP contribution in [-0.4, -0.2) is 19.9 Å². The van der Waals surface area contributed by atoms with Gasteiger partial charge in [-0.05, 0) is 54.2 Å². The zero-order chi connectivity index (χ0) is 19.5. The monoisotopic (exact) mass is 379 g/mol. The summed E-state index contributed by atoms with van der Waals surface area (Å²) < 4.78 is 0. The number of pyridine rings is 2. The van der Waals surface area contributed by atoms with Crippen LogP contribution in [0.3, 0.4) is 0 Å². The average Bonchev–Trinajstić information content (AvgIpc) is 3.28. The third kappa shape index (κ3) is 3.72. The Morgan fingerprint density at radius 2 is 1.62 bits per heavy atom. The van der Waals surface area contributed by atoms with Crippen LogP contribution in [0.5, 0.6) is 0 Å². The number of nitrogens with zero attached hydrogens (tertiary/aromatic N) is 4. The van der Waals surface area contributed by atoms with Crippen LogP contribution in [0, 0.1) is 0 Å². The lowest BCUT2D eigenvalue weighted by atomic mass is 10.1. The smallest absolute Gasteiger partial charge is 0.161 e. The summed E-state index contributed by atoms with van der Waals surface area (Å²) in [6, 6.07) is 16.5. The van der Waals surface area contributed by atoms with E-state index >= 15 is 0 Å². The highest BCUT2D eigenvalue weighted by Crippen LogP contribution is 2.29. The van der Waals surface area contributed by atoms with E-state index in [4.69, 9.17) is 9.97 Å². The largest absolute Gasteiger partial charge is 0.366 e. The first kappa shape index (κ1) is 17.5. The molecule has 0 atom stereocenters. The topological polar surface area (TPSA) is 63.6 Å². The molecule has 3 heterocycles. The molecule has 0 saturated carbocycles. The second-order valence-electron chi connectivity index (χ2n) is 7.20. The molecule has 3 aromatic heterocycles. The fraction of sp³-hybridized carbons (Fsp3) is 0.167. The molecule has 142 valence electrons. The van der Waals surface area contributed by atoms with Crippen molar-refractivity contribution >= 4 is 5.82 Å². The van der Waals surface area contributed by atoms with Gasteiger partial charge in [-0.1, -0.05) is 30.3 Å². The molecule has 1 aromatic carbocycles. The lowest BCUT2D eigenvalue weighted by Crippen LogP contribution is -2.07. The third-order valence-electron chi connectivity index (χ3n) is 5.28. The molecule has 0 unspecified atom stereocenters. The van der Waals surface area contributed by atoms with Gasteiger partial charge in [-0.3, -0.25) is 9.97 Å². The molecule has 5 nitrogen and oxygen atoms in total. The summed E-state index contributed by atoms with van der Waals surface area (Å²) in [6.07, 6.45) is 10.4. The zero-order valence-corrected chi connectivity index (χ0v) is 16.0. The van der Waals surface area contributed by atoms with Gasteiger partial charge in [-0.2, -0.15) is 0 Å². The van der Waals surface area contributed by atoms with Gasteiger partial charge in [0.2, 0.25) is 0 Å². The minimum Gasteiger partial charge on any atom is -0.366 e. The van der Waals surface area contributed by atoms with Crippen LogP contribution in [0.1, 0.15) is 23.2 Å². The number of benzene rings is 1. The molecule has 5 heteroatoms. The van der Waals surface area contributed by atoms with Gasteiger partial charge in [0, 0.05) is 48.2 Å². The molecule has 1 aliphatic carbocycles. The number of fused-ring (bicyclic) bond motifs is 1. The summed E-state index contributed by atoms with van der Waals surface area (Å²) in [7, 11) is 0. The Morgan fingerprint density at radius 1 is 0.759 bits per heavy atom. The van der Waals surface area contributed by atoms with Crippen LogP contribution < -0.4 is 5.32 Å². The molecule has 1 aliphatic rings. The first-order valence-corrected chi connectivity index (χ1v) is 9.90. The van der Waals surface area contributed by atoms with Crippen molar-refractivity contribution in [2.45, 2.75) is 25.8 Å². The van der Waals surface area contributed by atoms with Crippen LogP contribution in [0.4, 0.5) is 5.82 Å². The van der Waals surface area contributed by atoms with E-state index in [9.17, 15) is 0 Å². The molecule has 5 rings (SSSR count). The molecule has 1 N–H and O–H groups in total.